The van der Waals surface area contributed by atoms with Crippen molar-refractivity contribution < 1.29 is 9.84 Å². The van der Waals surface area contributed by atoms with Crippen LogP contribution >= 0.6 is 0 Å². The van der Waals surface area contributed by atoms with Crippen molar-refractivity contribution in [3.05, 3.63) is 58.4 Å². The summed E-state index contributed by atoms with van der Waals surface area (Å²) < 4.78 is 5.45. The molecule has 0 saturated carbocycles. The van der Waals surface area contributed by atoms with Gasteiger partial charge in [-0.2, -0.15) is 0 Å². The van der Waals surface area contributed by atoms with Gasteiger partial charge < -0.3 is 9.84 Å². The molecule has 1 N–H and O–H groups in total. The average molecular weight is 384 g/mol. The van der Waals surface area contributed by atoms with Crippen LogP contribution in [0.3, 0.4) is 0 Å². The number of aliphatic hydroxyl groups excluding tert-OH is 1. The molecule has 2 aromatic rings. The molecule has 1 saturated heterocycles. The normalized spacial score (nSPS) is 18.4. The van der Waals surface area contributed by atoms with Crippen molar-refractivity contribution in [2.24, 2.45) is 0 Å². The number of aryl methyl sites for hydroxylation is 1. The Bertz CT molecular complexity index is 793. The third kappa shape index (κ3) is 4.90. The molecular weight excluding hydrogens is 350 g/mol. The van der Waals surface area contributed by atoms with Crippen LogP contribution in [0, 0.1) is 20.8 Å². The molecule has 2 heterocycles. The fraction of sp³-hybridized carbons (Fsp3) is 0.522. The van der Waals surface area contributed by atoms with Crippen LogP contribution in [-0.4, -0.2) is 59.3 Å². The fourth-order valence-corrected chi connectivity index (χ4v) is 4.11. The van der Waals surface area contributed by atoms with E-state index in [1.165, 1.54) is 16.7 Å². The maximum atomic E-state index is 9.61. The molecule has 1 atom stereocenters. The number of piperazine rings is 1. The number of hydrogen-bond acceptors (Lipinski definition) is 5. The van der Waals surface area contributed by atoms with Gasteiger partial charge in [0.05, 0.1) is 12.8 Å². The minimum Gasteiger partial charge on any atom is -0.496 e. The lowest BCUT2D eigenvalue weighted by Gasteiger charge is -2.41. The van der Waals surface area contributed by atoms with Crippen LogP contribution in [0.4, 0.5) is 0 Å². The lowest BCUT2D eigenvalue weighted by atomic mass is 10.00. The van der Waals surface area contributed by atoms with E-state index in [4.69, 9.17) is 4.74 Å². The highest BCUT2D eigenvalue weighted by molar-refractivity contribution is 5.43. The van der Waals surface area contributed by atoms with E-state index in [9.17, 15) is 5.11 Å². The molecule has 1 fully saturated rings. The average Bonchev–Trinajstić information content (AvgIpc) is 2.68. The zero-order valence-electron chi connectivity index (χ0n) is 17.6. The molecule has 0 spiro atoms. The van der Waals surface area contributed by atoms with Crippen molar-refractivity contribution in [1.29, 1.82) is 0 Å². The minimum absolute atomic E-state index is 0.221. The van der Waals surface area contributed by atoms with Crippen molar-refractivity contribution in [3.63, 3.8) is 0 Å². The van der Waals surface area contributed by atoms with Crippen molar-refractivity contribution in [3.8, 4) is 5.75 Å². The van der Waals surface area contributed by atoms with Gasteiger partial charge in [0, 0.05) is 51.1 Å². The lowest BCUT2D eigenvalue weighted by molar-refractivity contribution is 0.0492. The number of nitrogens with zero attached hydrogens (tertiary/aromatic N) is 3. The van der Waals surface area contributed by atoms with Gasteiger partial charge in [0.2, 0.25) is 0 Å². The van der Waals surface area contributed by atoms with Crippen LogP contribution in [0.15, 0.2) is 30.3 Å². The summed E-state index contributed by atoms with van der Waals surface area (Å²) in [6.45, 7) is 11.3. The number of rotatable bonds is 7. The van der Waals surface area contributed by atoms with E-state index in [-0.39, 0.29) is 6.61 Å². The molecule has 5 heteroatoms. The molecule has 1 aromatic heterocycles. The lowest BCUT2D eigenvalue weighted by Crippen LogP contribution is -2.52. The predicted molar refractivity (Wildman–Crippen MR) is 113 cm³/mol. The molecule has 1 aliphatic heterocycles. The van der Waals surface area contributed by atoms with Gasteiger partial charge in [0.1, 0.15) is 5.75 Å². The predicted octanol–water partition coefficient (Wildman–Crippen LogP) is 3.08. The van der Waals surface area contributed by atoms with Crippen LogP contribution < -0.4 is 4.74 Å². The Labute approximate surface area is 169 Å². The van der Waals surface area contributed by atoms with Gasteiger partial charge >= 0.3 is 0 Å². The largest absolute Gasteiger partial charge is 0.496 e. The molecular formula is C23H33N3O2. The topological polar surface area (TPSA) is 48.8 Å². The fourth-order valence-electron chi connectivity index (χ4n) is 4.11. The standard InChI is InChI=1S/C23H33N3O2/c1-17-6-5-7-21(24-17)15-25-11-12-26(22(16-25)10-13-27)14-20-8-9-23(28-4)19(3)18(20)2/h5-9,22,27H,10-16H2,1-4H3. The van der Waals surface area contributed by atoms with E-state index in [1.54, 1.807) is 7.11 Å². The van der Waals surface area contributed by atoms with Crippen molar-refractivity contribution in [2.45, 2.75) is 46.3 Å². The third-order valence-electron chi connectivity index (χ3n) is 5.93. The summed E-state index contributed by atoms with van der Waals surface area (Å²) in [5.74, 6) is 0.948. The molecule has 28 heavy (non-hydrogen) atoms. The number of aromatic nitrogens is 1. The van der Waals surface area contributed by atoms with Gasteiger partial charge in [-0.1, -0.05) is 12.1 Å². The van der Waals surface area contributed by atoms with E-state index in [1.807, 2.05) is 13.0 Å². The second kappa shape index (κ2) is 9.50. The summed E-state index contributed by atoms with van der Waals surface area (Å²) in [4.78, 5) is 9.63. The van der Waals surface area contributed by atoms with Crippen LogP contribution in [0.1, 0.15) is 34.5 Å². The first-order valence-corrected chi connectivity index (χ1v) is 10.1. The quantitative estimate of drug-likeness (QED) is 0.796. The Balaban J connectivity index is 1.69. The van der Waals surface area contributed by atoms with Gasteiger partial charge in [0.15, 0.2) is 0 Å². The molecule has 0 bridgehead atoms. The van der Waals surface area contributed by atoms with E-state index in [0.29, 0.717) is 6.04 Å². The summed E-state index contributed by atoms with van der Waals surface area (Å²) in [6.07, 6.45) is 0.798. The van der Waals surface area contributed by atoms with E-state index in [0.717, 1.165) is 56.3 Å². The molecule has 0 aliphatic carbocycles. The molecule has 0 radical (unpaired) electrons. The Morgan fingerprint density at radius 3 is 2.61 bits per heavy atom. The van der Waals surface area contributed by atoms with Gasteiger partial charge in [-0.25, -0.2) is 0 Å². The van der Waals surface area contributed by atoms with Crippen molar-refractivity contribution >= 4 is 0 Å². The SMILES string of the molecule is COc1ccc(CN2CCN(Cc3cccc(C)n3)CC2CCO)c(C)c1C. The van der Waals surface area contributed by atoms with Crippen molar-refractivity contribution in [2.75, 3.05) is 33.4 Å². The molecule has 1 aliphatic rings. The number of hydrogen-bond donors (Lipinski definition) is 1. The molecule has 1 unspecified atom stereocenters. The Kier molecular flexibility index (Phi) is 7.05. The Morgan fingerprint density at radius 2 is 1.89 bits per heavy atom. The second-order valence-electron chi connectivity index (χ2n) is 7.82. The first kappa shape index (κ1) is 20.8. The van der Waals surface area contributed by atoms with E-state index >= 15 is 0 Å². The number of pyridine rings is 1. The number of ether oxygens (including phenoxy) is 1. The summed E-state index contributed by atoms with van der Waals surface area (Å²) in [7, 11) is 1.72. The second-order valence-corrected chi connectivity index (χ2v) is 7.82. The first-order valence-electron chi connectivity index (χ1n) is 10.1. The van der Waals surface area contributed by atoms with Crippen molar-refractivity contribution in [1.82, 2.24) is 14.8 Å². The summed E-state index contributed by atoms with van der Waals surface area (Å²) in [6, 6.07) is 10.8. The summed E-state index contributed by atoms with van der Waals surface area (Å²) in [5.41, 5.74) is 6.04. The maximum absolute atomic E-state index is 9.61. The van der Waals surface area contributed by atoms with Crippen LogP contribution in [0.5, 0.6) is 5.75 Å². The van der Waals surface area contributed by atoms with E-state index < -0.39 is 0 Å². The highest BCUT2D eigenvalue weighted by atomic mass is 16.5. The number of aliphatic hydroxyl groups is 1. The third-order valence-corrected chi connectivity index (χ3v) is 5.93. The monoisotopic (exact) mass is 383 g/mol. The Morgan fingerprint density at radius 1 is 1.07 bits per heavy atom. The molecule has 1 aromatic carbocycles. The van der Waals surface area contributed by atoms with Gasteiger partial charge in [0.25, 0.3) is 0 Å². The minimum atomic E-state index is 0.221. The summed E-state index contributed by atoms with van der Waals surface area (Å²) >= 11 is 0. The van der Waals surface area contributed by atoms with Gasteiger partial charge in [-0.3, -0.25) is 14.8 Å². The van der Waals surface area contributed by atoms with Crippen LogP contribution in [-0.2, 0) is 13.1 Å². The molecule has 0 amide bonds. The van der Waals surface area contributed by atoms with E-state index in [2.05, 4.69) is 52.9 Å². The molecule has 5 nitrogen and oxygen atoms in total. The summed E-state index contributed by atoms with van der Waals surface area (Å²) in [5, 5.41) is 9.61. The highest BCUT2D eigenvalue weighted by Crippen LogP contribution is 2.26. The first-order chi connectivity index (χ1) is 13.5. The van der Waals surface area contributed by atoms with Gasteiger partial charge in [-0.05, 0) is 62.1 Å². The number of methoxy groups -OCH3 is 1. The zero-order valence-corrected chi connectivity index (χ0v) is 17.6. The van der Waals surface area contributed by atoms with Crippen LogP contribution in [0.2, 0.25) is 0 Å². The number of benzene rings is 1. The Hall–Kier alpha value is -1.95. The maximum Gasteiger partial charge on any atom is 0.122 e. The highest BCUT2D eigenvalue weighted by Gasteiger charge is 2.27. The molecule has 152 valence electrons. The zero-order chi connectivity index (χ0) is 20.1. The smallest absolute Gasteiger partial charge is 0.122 e. The molecule has 3 rings (SSSR count). The van der Waals surface area contributed by atoms with Gasteiger partial charge in [-0.15, -0.1) is 0 Å². The van der Waals surface area contributed by atoms with Crippen LogP contribution in [0.25, 0.3) is 0 Å².